The molecule has 0 amide bonds. The molecular formula is C13H13N3O2S. The zero-order valence-corrected chi connectivity index (χ0v) is 11.3. The molecule has 0 unspecified atom stereocenters. The molecule has 0 aliphatic rings. The summed E-state index contributed by atoms with van der Waals surface area (Å²) in [4.78, 5) is 24.0. The molecule has 0 fully saturated rings. The third-order valence-electron chi connectivity index (χ3n) is 2.21. The standard InChI is InChI=1S/C13H13N3O2S/c1-2-3-4-7-18-13(17)11-9-19-12(16-11)10-8-14-5-6-15-10/h3-6,8-9H,2,7H2,1H3/b4-3+. The maximum atomic E-state index is 11.7. The minimum absolute atomic E-state index is 0.269. The van der Waals surface area contributed by atoms with E-state index < -0.39 is 5.97 Å². The van der Waals surface area contributed by atoms with E-state index in [1.54, 1.807) is 24.0 Å². The van der Waals surface area contributed by atoms with E-state index in [9.17, 15) is 4.79 Å². The van der Waals surface area contributed by atoms with Crippen molar-refractivity contribution in [2.24, 2.45) is 0 Å². The van der Waals surface area contributed by atoms with Crippen molar-refractivity contribution < 1.29 is 9.53 Å². The van der Waals surface area contributed by atoms with Gasteiger partial charge in [-0.2, -0.15) is 0 Å². The average molecular weight is 275 g/mol. The Kier molecular flexibility index (Phi) is 4.74. The molecule has 2 rings (SSSR count). The highest BCUT2D eigenvalue weighted by molar-refractivity contribution is 7.13. The van der Waals surface area contributed by atoms with Crippen molar-refractivity contribution in [1.82, 2.24) is 15.0 Å². The largest absolute Gasteiger partial charge is 0.457 e. The molecule has 0 bridgehead atoms. The molecule has 0 aliphatic carbocycles. The molecule has 0 spiro atoms. The fourth-order valence-corrected chi connectivity index (χ4v) is 2.08. The summed E-state index contributed by atoms with van der Waals surface area (Å²) in [6.07, 6.45) is 9.47. The number of carbonyl (C=O) groups excluding carboxylic acids is 1. The molecule has 0 radical (unpaired) electrons. The topological polar surface area (TPSA) is 65.0 Å². The van der Waals surface area contributed by atoms with Crippen molar-refractivity contribution in [1.29, 1.82) is 0 Å². The Balaban J connectivity index is 2.01. The van der Waals surface area contributed by atoms with Gasteiger partial charge in [-0.1, -0.05) is 19.1 Å². The van der Waals surface area contributed by atoms with Crippen LogP contribution >= 0.6 is 11.3 Å². The number of rotatable bonds is 5. The van der Waals surface area contributed by atoms with Crippen LogP contribution in [0.5, 0.6) is 0 Å². The number of hydrogen-bond donors (Lipinski definition) is 0. The number of nitrogens with zero attached hydrogens (tertiary/aromatic N) is 3. The lowest BCUT2D eigenvalue weighted by molar-refractivity contribution is 0.0543. The number of hydrogen-bond acceptors (Lipinski definition) is 6. The molecule has 2 aromatic heterocycles. The first kappa shape index (κ1) is 13.4. The van der Waals surface area contributed by atoms with Crippen LogP contribution in [0.1, 0.15) is 23.8 Å². The highest BCUT2D eigenvalue weighted by Gasteiger charge is 2.13. The van der Waals surface area contributed by atoms with Crippen LogP contribution in [0, 0.1) is 0 Å². The Hall–Kier alpha value is -2.08. The average Bonchev–Trinajstić information content (AvgIpc) is 2.94. The van der Waals surface area contributed by atoms with Crippen LogP contribution in [0.4, 0.5) is 0 Å². The molecule has 2 aromatic rings. The summed E-state index contributed by atoms with van der Waals surface area (Å²) in [7, 11) is 0. The summed E-state index contributed by atoms with van der Waals surface area (Å²) in [5.74, 6) is -0.424. The van der Waals surface area contributed by atoms with Gasteiger partial charge in [-0.05, 0) is 6.42 Å². The second kappa shape index (κ2) is 6.75. The molecule has 0 saturated heterocycles. The van der Waals surface area contributed by atoms with Crippen LogP contribution in [0.3, 0.4) is 0 Å². The zero-order valence-electron chi connectivity index (χ0n) is 10.4. The summed E-state index contributed by atoms with van der Waals surface area (Å²) in [6, 6.07) is 0. The maximum Gasteiger partial charge on any atom is 0.358 e. The van der Waals surface area contributed by atoms with E-state index in [4.69, 9.17) is 4.74 Å². The van der Waals surface area contributed by atoms with E-state index in [1.165, 1.54) is 11.3 Å². The molecule has 0 atom stereocenters. The smallest absolute Gasteiger partial charge is 0.358 e. The lowest BCUT2D eigenvalue weighted by atomic mass is 10.4. The van der Waals surface area contributed by atoms with Gasteiger partial charge in [0.15, 0.2) is 5.69 Å². The van der Waals surface area contributed by atoms with E-state index in [1.807, 2.05) is 19.1 Å². The summed E-state index contributed by atoms with van der Waals surface area (Å²) < 4.78 is 5.06. The number of allylic oxidation sites excluding steroid dienone is 1. The van der Waals surface area contributed by atoms with Crippen LogP contribution in [0.15, 0.2) is 36.1 Å². The Morgan fingerprint density at radius 2 is 2.32 bits per heavy atom. The lowest BCUT2D eigenvalue weighted by Crippen LogP contribution is -2.05. The number of aromatic nitrogens is 3. The van der Waals surface area contributed by atoms with Crippen molar-refractivity contribution in [3.8, 4) is 10.7 Å². The van der Waals surface area contributed by atoms with Crippen molar-refractivity contribution in [2.75, 3.05) is 6.61 Å². The van der Waals surface area contributed by atoms with Crippen LogP contribution in [0.25, 0.3) is 10.7 Å². The van der Waals surface area contributed by atoms with Gasteiger partial charge in [-0.3, -0.25) is 9.97 Å². The maximum absolute atomic E-state index is 11.7. The first-order valence-electron chi connectivity index (χ1n) is 5.85. The second-order valence-corrected chi connectivity index (χ2v) is 4.46. The van der Waals surface area contributed by atoms with Crippen molar-refractivity contribution in [2.45, 2.75) is 13.3 Å². The Labute approximate surface area is 115 Å². The van der Waals surface area contributed by atoms with E-state index in [0.717, 1.165) is 6.42 Å². The molecule has 2 heterocycles. The molecule has 98 valence electrons. The first-order chi connectivity index (χ1) is 9.31. The number of carbonyl (C=O) groups is 1. The van der Waals surface area contributed by atoms with Gasteiger partial charge < -0.3 is 4.74 Å². The highest BCUT2D eigenvalue weighted by atomic mass is 32.1. The molecule has 0 saturated carbocycles. The van der Waals surface area contributed by atoms with Gasteiger partial charge in [0, 0.05) is 17.8 Å². The van der Waals surface area contributed by atoms with Crippen LogP contribution < -0.4 is 0 Å². The monoisotopic (exact) mass is 275 g/mol. The van der Waals surface area contributed by atoms with Gasteiger partial charge in [-0.15, -0.1) is 11.3 Å². The molecule has 19 heavy (non-hydrogen) atoms. The van der Waals surface area contributed by atoms with Gasteiger partial charge in [-0.25, -0.2) is 9.78 Å². The highest BCUT2D eigenvalue weighted by Crippen LogP contribution is 2.20. The van der Waals surface area contributed by atoms with Crippen LogP contribution in [-0.4, -0.2) is 27.5 Å². The van der Waals surface area contributed by atoms with Crippen LogP contribution in [0.2, 0.25) is 0 Å². The van der Waals surface area contributed by atoms with Gasteiger partial charge >= 0.3 is 5.97 Å². The predicted octanol–water partition coefficient (Wildman–Crippen LogP) is 2.72. The summed E-state index contributed by atoms with van der Waals surface area (Å²) >= 11 is 1.34. The number of esters is 1. The Bertz CT molecular complexity index is 566. The van der Waals surface area contributed by atoms with Gasteiger partial charge in [0.25, 0.3) is 0 Å². The summed E-state index contributed by atoms with van der Waals surface area (Å²) in [6.45, 7) is 2.29. The summed E-state index contributed by atoms with van der Waals surface area (Å²) in [5, 5.41) is 2.32. The van der Waals surface area contributed by atoms with Crippen molar-refractivity contribution in [3.63, 3.8) is 0 Å². The van der Waals surface area contributed by atoms with Crippen molar-refractivity contribution in [3.05, 3.63) is 41.8 Å². The van der Waals surface area contributed by atoms with E-state index in [0.29, 0.717) is 16.4 Å². The van der Waals surface area contributed by atoms with E-state index in [-0.39, 0.29) is 6.61 Å². The molecular weight excluding hydrogens is 262 g/mol. The lowest BCUT2D eigenvalue weighted by Gasteiger charge is -1.97. The van der Waals surface area contributed by atoms with Gasteiger partial charge in [0.05, 0.1) is 6.20 Å². The molecule has 0 N–H and O–H groups in total. The molecule has 5 nitrogen and oxygen atoms in total. The van der Waals surface area contributed by atoms with Crippen molar-refractivity contribution >= 4 is 17.3 Å². The minimum atomic E-state index is -0.424. The second-order valence-electron chi connectivity index (χ2n) is 3.61. The number of ether oxygens (including phenoxy) is 1. The molecule has 0 aliphatic heterocycles. The van der Waals surface area contributed by atoms with Crippen LogP contribution in [-0.2, 0) is 4.74 Å². The van der Waals surface area contributed by atoms with E-state index in [2.05, 4.69) is 15.0 Å². The Morgan fingerprint density at radius 3 is 3.05 bits per heavy atom. The first-order valence-corrected chi connectivity index (χ1v) is 6.73. The zero-order chi connectivity index (χ0) is 13.5. The SMILES string of the molecule is CC/C=C/COC(=O)c1csc(-c2cnccn2)n1. The van der Waals surface area contributed by atoms with E-state index >= 15 is 0 Å². The number of thiazole rings is 1. The Morgan fingerprint density at radius 1 is 1.42 bits per heavy atom. The summed E-state index contributed by atoms with van der Waals surface area (Å²) in [5.41, 5.74) is 0.952. The fraction of sp³-hybridized carbons (Fsp3) is 0.231. The third-order valence-corrected chi connectivity index (χ3v) is 3.07. The normalized spacial score (nSPS) is 10.8. The molecule has 0 aromatic carbocycles. The minimum Gasteiger partial charge on any atom is -0.457 e. The van der Waals surface area contributed by atoms with Gasteiger partial charge in [0.2, 0.25) is 0 Å². The predicted molar refractivity (Wildman–Crippen MR) is 72.9 cm³/mol. The molecule has 6 heteroatoms. The quantitative estimate of drug-likeness (QED) is 0.620. The fourth-order valence-electron chi connectivity index (χ4n) is 1.33. The van der Waals surface area contributed by atoms with Gasteiger partial charge in [0.1, 0.15) is 17.3 Å². The third kappa shape index (κ3) is 3.69.